The number of amides is 2. The number of phenolic OH excluding ortho intramolecular Hbond substituents is 1. The number of phenols is 1. The van der Waals surface area contributed by atoms with Gasteiger partial charge in [-0.25, -0.2) is 4.79 Å². The quantitative estimate of drug-likeness (QED) is 0.305. The maximum absolute atomic E-state index is 12.3. The maximum atomic E-state index is 12.3. The first-order valence-corrected chi connectivity index (χ1v) is 8.60. The smallest absolute Gasteiger partial charge is 0.326 e. The number of nitrogens with one attached hydrogen (secondary N) is 2. The zero-order valence-electron chi connectivity index (χ0n) is 15.6. The Bertz CT molecular complexity index is 718. The standard InChI is InChI=1S/C18H25N3O7/c1-9(2)15(18(27)28)21-17(26)13(8-14(23)24)20-16(25)12(19)7-10-3-5-11(22)6-4-10/h3-6,9,12-13,15,22H,7-8,19H2,1-2H3,(H,20,25)(H,21,26)(H,23,24)(H,27,28)/t12-,13-,15-/m0/s1. The molecule has 154 valence electrons. The van der Waals surface area contributed by atoms with Gasteiger partial charge >= 0.3 is 11.9 Å². The number of hydrogen-bond acceptors (Lipinski definition) is 6. The fraction of sp³-hybridized carbons (Fsp3) is 0.444. The van der Waals surface area contributed by atoms with Gasteiger partial charge in [0.05, 0.1) is 12.5 Å². The van der Waals surface area contributed by atoms with Crippen LogP contribution >= 0.6 is 0 Å². The normalized spacial score (nSPS) is 14.0. The molecule has 28 heavy (non-hydrogen) atoms. The minimum Gasteiger partial charge on any atom is -0.508 e. The number of rotatable bonds is 10. The summed E-state index contributed by atoms with van der Waals surface area (Å²) >= 11 is 0. The van der Waals surface area contributed by atoms with Crippen molar-refractivity contribution in [2.24, 2.45) is 11.7 Å². The molecule has 0 bridgehead atoms. The van der Waals surface area contributed by atoms with Crippen LogP contribution in [-0.4, -0.2) is 57.2 Å². The molecule has 1 rings (SSSR count). The van der Waals surface area contributed by atoms with Gasteiger partial charge in [-0.3, -0.25) is 14.4 Å². The molecule has 0 fully saturated rings. The Hall–Kier alpha value is -3.14. The lowest BCUT2D eigenvalue weighted by Crippen LogP contribution is -2.56. The van der Waals surface area contributed by atoms with Gasteiger partial charge in [0, 0.05) is 0 Å². The Morgan fingerprint density at radius 2 is 1.57 bits per heavy atom. The molecule has 0 heterocycles. The SMILES string of the molecule is CC(C)[C@H](NC(=O)[C@H](CC(=O)O)NC(=O)[C@@H](N)Cc1ccc(O)cc1)C(=O)O. The van der Waals surface area contributed by atoms with Gasteiger partial charge in [0.1, 0.15) is 17.8 Å². The zero-order valence-corrected chi connectivity index (χ0v) is 15.6. The first-order valence-electron chi connectivity index (χ1n) is 8.60. The predicted molar refractivity (Wildman–Crippen MR) is 98.4 cm³/mol. The molecule has 1 aromatic carbocycles. The number of carbonyl (C=O) groups excluding carboxylic acids is 2. The lowest BCUT2D eigenvalue weighted by atomic mass is 10.0. The van der Waals surface area contributed by atoms with Gasteiger partial charge in [0.15, 0.2) is 0 Å². The Kier molecular flexibility index (Phi) is 8.39. The molecule has 0 saturated carbocycles. The summed E-state index contributed by atoms with van der Waals surface area (Å²) in [6.07, 6.45) is -0.634. The first kappa shape index (κ1) is 22.9. The highest BCUT2D eigenvalue weighted by molar-refractivity contribution is 5.94. The Labute approximate surface area is 161 Å². The van der Waals surface area contributed by atoms with Crippen molar-refractivity contribution in [3.05, 3.63) is 29.8 Å². The van der Waals surface area contributed by atoms with Crippen molar-refractivity contribution in [3.63, 3.8) is 0 Å². The van der Waals surface area contributed by atoms with Gasteiger partial charge in [-0.2, -0.15) is 0 Å². The van der Waals surface area contributed by atoms with Crippen LogP contribution in [0.15, 0.2) is 24.3 Å². The molecular weight excluding hydrogens is 370 g/mol. The Balaban J connectivity index is 2.81. The van der Waals surface area contributed by atoms with Gasteiger partial charge in [-0.1, -0.05) is 26.0 Å². The van der Waals surface area contributed by atoms with E-state index < -0.39 is 54.2 Å². The summed E-state index contributed by atoms with van der Waals surface area (Å²) in [5.74, 6) is -4.69. The van der Waals surface area contributed by atoms with Crippen LogP contribution in [0.3, 0.4) is 0 Å². The van der Waals surface area contributed by atoms with Crippen molar-refractivity contribution in [2.45, 2.75) is 44.8 Å². The second kappa shape index (κ2) is 10.3. The van der Waals surface area contributed by atoms with Crippen molar-refractivity contribution in [1.29, 1.82) is 0 Å². The molecule has 0 aliphatic rings. The third-order valence-electron chi connectivity index (χ3n) is 3.97. The van der Waals surface area contributed by atoms with Crippen LogP contribution in [0.25, 0.3) is 0 Å². The zero-order chi connectivity index (χ0) is 21.4. The number of aromatic hydroxyl groups is 1. The molecular formula is C18H25N3O7. The average Bonchev–Trinajstić information content (AvgIpc) is 2.59. The molecule has 0 aliphatic heterocycles. The topological polar surface area (TPSA) is 179 Å². The van der Waals surface area contributed by atoms with Gasteiger partial charge in [-0.15, -0.1) is 0 Å². The van der Waals surface area contributed by atoms with E-state index >= 15 is 0 Å². The second-order valence-electron chi connectivity index (χ2n) is 6.70. The summed E-state index contributed by atoms with van der Waals surface area (Å²) in [5, 5.41) is 31.9. The molecule has 1 aromatic rings. The number of carboxylic acids is 2. The molecule has 10 nitrogen and oxygen atoms in total. The summed E-state index contributed by atoms with van der Waals surface area (Å²) in [4.78, 5) is 46.9. The van der Waals surface area contributed by atoms with E-state index in [9.17, 15) is 24.3 Å². The van der Waals surface area contributed by atoms with E-state index in [4.69, 9.17) is 15.9 Å². The summed E-state index contributed by atoms with van der Waals surface area (Å²) < 4.78 is 0. The van der Waals surface area contributed by atoms with Crippen molar-refractivity contribution in [1.82, 2.24) is 10.6 Å². The third-order valence-corrected chi connectivity index (χ3v) is 3.97. The highest BCUT2D eigenvalue weighted by atomic mass is 16.4. The minimum absolute atomic E-state index is 0.0538. The van der Waals surface area contributed by atoms with Gasteiger partial charge < -0.3 is 31.7 Å². The van der Waals surface area contributed by atoms with E-state index in [1.165, 1.54) is 12.1 Å². The summed E-state index contributed by atoms with van der Waals surface area (Å²) in [6.45, 7) is 3.16. The molecule has 0 radical (unpaired) electrons. The van der Waals surface area contributed by atoms with Crippen molar-refractivity contribution >= 4 is 23.8 Å². The fourth-order valence-corrected chi connectivity index (χ4v) is 2.41. The molecule has 0 saturated heterocycles. The van der Waals surface area contributed by atoms with Crippen molar-refractivity contribution < 1.29 is 34.5 Å². The third kappa shape index (κ3) is 7.23. The largest absolute Gasteiger partial charge is 0.508 e. The van der Waals surface area contributed by atoms with E-state index in [-0.39, 0.29) is 12.2 Å². The summed E-state index contributed by atoms with van der Waals surface area (Å²) in [5.41, 5.74) is 6.47. The maximum Gasteiger partial charge on any atom is 0.326 e. The Morgan fingerprint density at radius 1 is 1.00 bits per heavy atom. The number of aliphatic carboxylic acids is 2. The molecule has 2 amide bonds. The van der Waals surface area contributed by atoms with Crippen LogP contribution in [0.2, 0.25) is 0 Å². The van der Waals surface area contributed by atoms with Crippen LogP contribution in [0, 0.1) is 5.92 Å². The molecule has 7 N–H and O–H groups in total. The lowest BCUT2D eigenvalue weighted by molar-refractivity contribution is -0.144. The summed E-state index contributed by atoms with van der Waals surface area (Å²) in [7, 11) is 0. The number of benzene rings is 1. The number of carbonyl (C=O) groups is 4. The van der Waals surface area contributed by atoms with E-state index in [0.29, 0.717) is 5.56 Å². The van der Waals surface area contributed by atoms with Crippen LogP contribution in [0.5, 0.6) is 5.75 Å². The van der Waals surface area contributed by atoms with Gasteiger partial charge in [-0.05, 0) is 30.0 Å². The van der Waals surface area contributed by atoms with Gasteiger partial charge in [0.2, 0.25) is 11.8 Å². The first-order chi connectivity index (χ1) is 13.0. The molecule has 0 spiro atoms. The molecule has 0 unspecified atom stereocenters. The fourth-order valence-electron chi connectivity index (χ4n) is 2.41. The van der Waals surface area contributed by atoms with E-state index in [2.05, 4.69) is 10.6 Å². The predicted octanol–water partition coefficient (Wildman–Crippen LogP) is -0.553. The van der Waals surface area contributed by atoms with E-state index in [1.54, 1.807) is 26.0 Å². The van der Waals surface area contributed by atoms with E-state index in [1.807, 2.05) is 0 Å². The number of nitrogens with two attached hydrogens (primary N) is 1. The monoisotopic (exact) mass is 395 g/mol. The van der Waals surface area contributed by atoms with Crippen LogP contribution < -0.4 is 16.4 Å². The Morgan fingerprint density at radius 3 is 2.04 bits per heavy atom. The van der Waals surface area contributed by atoms with Crippen molar-refractivity contribution in [2.75, 3.05) is 0 Å². The number of hydrogen-bond donors (Lipinski definition) is 6. The van der Waals surface area contributed by atoms with E-state index in [0.717, 1.165) is 0 Å². The highest BCUT2D eigenvalue weighted by Gasteiger charge is 2.30. The van der Waals surface area contributed by atoms with Crippen molar-refractivity contribution in [3.8, 4) is 5.75 Å². The number of carboxylic acid groups (broad SMARTS) is 2. The van der Waals surface area contributed by atoms with Crippen LogP contribution in [0.4, 0.5) is 0 Å². The molecule has 10 heteroatoms. The molecule has 0 aromatic heterocycles. The van der Waals surface area contributed by atoms with Crippen LogP contribution in [-0.2, 0) is 25.6 Å². The van der Waals surface area contributed by atoms with Crippen LogP contribution in [0.1, 0.15) is 25.8 Å². The lowest BCUT2D eigenvalue weighted by Gasteiger charge is -2.23. The highest BCUT2D eigenvalue weighted by Crippen LogP contribution is 2.11. The van der Waals surface area contributed by atoms with Gasteiger partial charge in [0.25, 0.3) is 0 Å². The molecule has 3 atom stereocenters. The summed E-state index contributed by atoms with van der Waals surface area (Å²) in [6, 6.07) is 2.22. The molecule has 0 aliphatic carbocycles. The minimum atomic E-state index is -1.48. The average molecular weight is 395 g/mol. The second-order valence-corrected chi connectivity index (χ2v) is 6.70.